The van der Waals surface area contributed by atoms with Crippen molar-refractivity contribution in [1.29, 1.82) is 0 Å². The van der Waals surface area contributed by atoms with E-state index in [-0.39, 0.29) is 5.91 Å². The highest BCUT2D eigenvalue weighted by Gasteiger charge is 2.22. The minimum absolute atomic E-state index is 0.106. The second kappa shape index (κ2) is 7.97. The van der Waals surface area contributed by atoms with Crippen LogP contribution < -0.4 is 4.90 Å². The first-order valence-electron chi connectivity index (χ1n) is 9.63. The van der Waals surface area contributed by atoms with Gasteiger partial charge >= 0.3 is 0 Å². The summed E-state index contributed by atoms with van der Waals surface area (Å²) in [6, 6.07) is 29.4. The molecule has 2 aromatic heterocycles. The number of nitrogens with zero attached hydrogens (tertiary/aromatic N) is 2. The van der Waals surface area contributed by atoms with E-state index in [0.717, 1.165) is 21.3 Å². The molecule has 0 fully saturated rings. The number of thiazole rings is 1. The van der Waals surface area contributed by atoms with E-state index in [1.54, 1.807) is 11.2 Å². The van der Waals surface area contributed by atoms with Crippen LogP contribution in [0.5, 0.6) is 0 Å². The predicted molar refractivity (Wildman–Crippen MR) is 121 cm³/mol. The maximum absolute atomic E-state index is 13.4. The molecule has 0 atom stereocenters. The smallest absolute Gasteiger partial charge is 0.260 e. The van der Waals surface area contributed by atoms with Crippen molar-refractivity contribution in [3.63, 3.8) is 0 Å². The Balaban J connectivity index is 1.49. The molecule has 4 nitrogen and oxygen atoms in total. The molecule has 0 aliphatic heterocycles. The number of furan rings is 1. The monoisotopic (exact) mass is 410 g/mol. The summed E-state index contributed by atoms with van der Waals surface area (Å²) in [6.07, 6.45) is 1.62. The van der Waals surface area contributed by atoms with E-state index in [9.17, 15) is 4.79 Å². The van der Waals surface area contributed by atoms with E-state index in [1.165, 1.54) is 11.3 Å². The van der Waals surface area contributed by atoms with Gasteiger partial charge in [-0.05, 0) is 47.5 Å². The Morgan fingerprint density at radius 3 is 2.30 bits per heavy atom. The molecule has 146 valence electrons. The molecule has 2 heterocycles. The quantitative estimate of drug-likeness (QED) is 0.337. The highest BCUT2D eigenvalue weighted by Crippen LogP contribution is 2.31. The largest absolute Gasteiger partial charge is 0.467 e. The standard InChI is InChI=1S/C25H18N2O2S/c28-24(20-14-12-19(13-15-20)18-7-2-1-3-8-18)27(17-21-9-6-16-29-21)25-26-22-10-4-5-11-23(22)30-25/h1-16H,17H2. The summed E-state index contributed by atoms with van der Waals surface area (Å²) in [5.74, 6) is 0.605. The van der Waals surface area contributed by atoms with E-state index in [4.69, 9.17) is 4.42 Å². The topological polar surface area (TPSA) is 46.3 Å². The molecule has 5 heteroatoms. The van der Waals surface area contributed by atoms with Gasteiger partial charge in [-0.2, -0.15) is 0 Å². The SMILES string of the molecule is O=C(c1ccc(-c2ccccc2)cc1)N(Cc1ccco1)c1nc2ccccc2s1. The number of aromatic nitrogens is 1. The number of anilines is 1. The van der Waals surface area contributed by atoms with Gasteiger partial charge in [0.05, 0.1) is 23.0 Å². The second-order valence-electron chi connectivity index (χ2n) is 6.88. The molecule has 0 spiro atoms. The van der Waals surface area contributed by atoms with Crippen molar-refractivity contribution in [2.45, 2.75) is 6.54 Å². The number of fused-ring (bicyclic) bond motifs is 1. The lowest BCUT2D eigenvalue weighted by Gasteiger charge is -2.19. The molecule has 30 heavy (non-hydrogen) atoms. The fraction of sp³-hybridized carbons (Fsp3) is 0.0400. The molecule has 5 aromatic rings. The Morgan fingerprint density at radius 1 is 0.833 bits per heavy atom. The fourth-order valence-electron chi connectivity index (χ4n) is 3.35. The molecule has 0 aliphatic rings. The van der Waals surface area contributed by atoms with Gasteiger partial charge in [0.15, 0.2) is 5.13 Å². The van der Waals surface area contributed by atoms with Crippen LogP contribution in [0.3, 0.4) is 0 Å². The molecule has 5 rings (SSSR count). The summed E-state index contributed by atoms with van der Waals surface area (Å²) in [7, 11) is 0. The van der Waals surface area contributed by atoms with E-state index in [0.29, 0.717) is 23.0 Å². The Kier molecular flexibility index (Phi) is 4.87. The molecule has 0 N–H and O–H groups in total. The van der Waals surface area contributed by atoms with Crippen LogP contribution in [-0.4, -0.2) is 10.9 Å². The summed E-state index contributed by atoms with van der Waals surface area (Å²) in [6.45, 7) is 0.325. The van der Waals surface area contributed by atoms with Crippen molar-refractivity contribution < 1.29 is 9.21 Å². The van der Waals surface area contributed by atoms with Crippen LogP contribution in [0.2, 0.25) is 0 Å². The lowest BCUT2D eigenvalue weighted by molar-refractivity contribution is 0.0983. The Morgan fingerprint density at radius 2 is 1.57 bits per heavy atom. The Bertz CT molecular complexity index is 1240. The molecule has 0 saturated carbocycles. The highest BCUT2D eigenvalue weighted by atomic mass is 32.1. The Hall–Kier alpha value is -3.70. The van der Waals surface area contributed by atoms with Crippen molar-refractivity contribution >= 4 is 32.6 Å². The summed E-state index contributed by atoms with van der Waals surface area (Å²) < 4.78 is 6.55. The maximum atomic E-state index is 13.4. The van der Waals surface area contributed by atoms with Crippen molar-refractivity contribution in [2.75, 3.05) is 4.90 Å². The molecular formula is C25H18N2O2S. The van der Waals surface area contributed by atoms with Crippen LogP contribution in [0, 0.1) is 0 Å². The maximum Gasteiger partial charge on any atom is 0.260 e. The Labute approximate surface area is 178 Å². The minimum atomic E-state index is -0.106. The lowest BCUT2D eigenvalue weighted by atomic mass is 10.0. The van der Waals surface area contributed by atoms with Gasteiger partial charge in [0.25, 0.3) is 5.91 Å². The molecule has 1 amide bonds. The minimum Gasteiger partial charge on any atom is -0.467 e. The normalized spacial score (nSPS) is 10.9. The number of rotatable bonds is 5. The average molecular weight is 410 g/mol. The van der Waals surface area contributed by atoms with Crippen molar-refractivity contribution in [1.82, 2.24) is 4.98 Å². The van der Waals surface area contributed by atoms with E-state index >= 15 is 0 Å². The molecule has 0 bridgehead atoms. The van der Waals surface area contributed by atoms with Crippen molar-refractivity contribution in [3.05, 3.63) is 109 Å². The fourth-order valence-corrected chi connectivity index (χ4v) is 4.32. The summed E-state index contributed by atoms with van der Waals surface area (Å²) >= 11 is 1.50. The van der Waals surface area contributed by atoms with Crippen molar-refractivity contribution in [3.8, 4) is 11.1 Å². The van der Waals surface area contributed by atoms with Crippen LogP contribution in [0.15, 0.2) is 102 Å². The van der Waals surface area contributed by atoms with Crippen LogP contribution >= 0.6 is 11.3 Å². The number of hydrogen-bond donors (Lipinski definition) is 0. The van der Waals surface area contributed by atoms with Gasteiger partial charge in [0.2, 0.25) is 0 Å². The average Bonchev–Trinajstić information content (AvgIpc) is 3.47. The third kappa shape index (κ3) is 3.63. The van der Waals surface area contributed by atoms with Gasteiger partial charge in [-0.3, -0.25) is 9.69 Å². The molecule has 0 saturated heterocycles. The number of para-hydroxylation sites is 1. The summed E-state index contributed by atoms with van der Waals surface area (Å²) in [5.41, 5.74) is 3.69. The lowest BCUT2D eigenvalue weighted by Crippen LogP contribution is -2.30. The van der Waals surface area contributed by atoms with Crippen LogP contribution in [-0.2, 0) is 6.54 Å². The third-order valence-electron chi connectivity index (χ3n) is 4.89. The van der Waals surface area contributed by atoms with E-state index in [2.05, 4.69) is 17.1 Å². The van der Waals surface area contributed by atoms with Crippen LogP contribution in [0.25, 0.3) is 21.3 Å². The summed E-state index contributed by atoms with van der Waals surface area (Å²) in [5, 5.41) is 0.657. The van der Waals surface area contributed by atoms with E-state index in [1.807, 2.05) is 78.9 Å². The zero-order valence-electron chi connectivity index (χ0n) is 16.1. The van der Waals surface area contributed by atoms with Crippen molar-refractivity contribution in [2.24, 2.45) is 0 Å². The molecule has 3 aromatic carbocycles. The van der Waals surface area contributed by atoms with Crippen LogP contribution in [0.1, 0.15) is 16.1 Å². The molecule has 0 aliphatic carbocycles. The van der Waals surface area contributed by atoms with Gasteiger partial charge in [-0.15, -0.1) is 0 Å². The molecule has 0 unspecified atom stereocenters. The summed E-state index contributed by atoms with van der Waals surface area (Å²) in [4.78, 5) is 19.8. The molecule has 0 radical (unpaired) electrons. The van der Waals surface area contributed by atoms with Gasteiger partial charge in [0, 0.05) is 5.56 Å². The first-order chi connectivity index (χ1) is 14.8. The molecular weight excluding hydrogens is 392 g/mol. The van der Waals surface area contributed by atoms with Gasteiger partial charge in [-0.25, -0.2) is 4.98 Å². The number of carbonyl (C=O) groups excluding carboxylic acids is 1. The zero-order valence-corrected chi connectivity index (χ0v) is 16.9. The van der Waals surface area contributed by atoms with Crippen LogP contribution in [0.4, 0.5) is 5.13 Å². The first kappa shape index (κ1) is 18.3. The number of hydrogen-bond acceptors (Lipinski definition) is 4. The number of carbonyl (C=O) groups is 1. The zero-order chi connectivity index (χ0) is 20.3. The first-order valence-corrected chi connectivity index (χ1v) is 10.4. The highest BCUT2D eigenvalue weighted by molar-refractivity contribution is 7.22. The number of amides is 1. The predicted octanol–water partition coefficient (Wildman–Crippen LogP) is 6.40. The second-order valence-corrected chi connectivity index (χ2v) is 7.89. The third-order valence-corrected chi connectivity index (χ3v) is 5.95. The van der Waals surface area contributed by atoms with Gasteiger partial charge in [0.1, 0.15) is 5.76 Å². The van der Waals surface area contributed by atoms with Gasteiger partial charge < -0.3 is 4.42 Å². The number of benzene rings is 3. The van der Waals surface area contributed by atoms with Gasteiger partial charge in [-0.1, -0.05) is 65.9 Å². The van der Waals surface area contributed by atoms with E-state index < -0.39 is 0 Å².